The number of ether oxygens (including phenoxy) is 1. The number of amides is 1. The van der Waals surface area contributed by atoms with E-state index >= 15 is 0 Å². The van der Waals surface area contributed by atoms with Crippen molar-refractivity contribution in [1.29, 1.82) is 0 Å². The van der Waals surface area contributed by atoms with Gasteiger partial charge in [-0.25, -0.2) is 4.39 Å². The van der Waals surface area contributed by atoms with Crippen LogP contribution in [0.25, 0.3) is 0 Å². The summed E-state index contributed by atoms with van der Waals surface area (Å²) in [5.41, 5.74) is -0.241. The minimum atomic E-state index is -0.532. The topological polar surface area (TPSA) is 38.3 Å². The summed E-state index contributed by atoms with van der Waals surface area (Å²) in [6.45, 7) is 2.55. The quantitative estimate of drug-likeness (QED) is 0.867. The van der Waals surface area contributed by atoms with Crippen molar-refractivity contribution >= 4 is 23.2 Å². The molecule has 1 N–H and O–H groups in total. The molecule has 1 heterocycles. The fourth-order valence-corrected chi connectivity index (χ4v) is 1.57. The Labute approximate surface area is 97.5 Å². The second kappa shape index (κ2) is 4.03. The van der Waals surface area contributed by atoms with Gasteiger partial charge in [-0.05, 0) is 25.1 Å². The molecule has 1 aromatic rings. The SMILES string of the molecule is CC1(C(=O)Nc2cc(F)ccc2Cl)COC1. The third-order valence-corrected chi connectivity index (χ3v) is 2.90. The number of rotatable bonds is 2. The number of nitrogens with one attached hydrogen (secondary N) is 1. The first-order valence-electron chi connectivity index (χ1n) is 4.85. The summed E-state index contributed by atoms with van der Waals surface area (Å²) in [6.07, 6.45) is 0. The maximum atomic E-state index is 13.0. The predicted molar refractivity (Wildman–Crippen MR) is 59.0 cm³/mol. The van der Waals surface area contributed by atoms with E-state index in [9.17, 15) is 9.18 Å². The second-order valence-electron chi connectivity index (χ2n) is 4.13. The van der Waals surface area contributed by atoms with E-state index in [2.05, 4.69) is 5.32 Å². The van der Waals surface area contributed by atoms with Gasteiger partial charge in [0.25, 0.3) is 0 Å². The van der Waals surface area contributed by atoms with Crippen LogP contribution >= 0.6 is 11.6 Å². The van der Waals surface area contributed by atoms with Crippen LogP contribution in [0, 0.1) is 11.2 Å². The monoisotopic (exact) mass is 243 g/mol. The van der Waals surface area contributed by atoms with E-state index in [1.807, 2.05) is 0 Å². The average molecular weight is 244 g/mol. The van der Waals surface area contributed by atoms with Gasteiger partial charge in [0.2, 0.25) is 5.91 Å². The van der Waals surface area contributed by atoms with Crippen molar-refractivity contribution in [3.8, 4) is 0 Å². The van der Waals surface area contributed by atoms with Crippen LogP contribution in [0.5, 0.6) is 0 Å². The summed E-state index contributed by atoms with van der Waals surface area (Å²) < 4.78 is 17.9. The van der Waals surface area contributed by atoms with Crippen molar-refractivity contribution in [2.45, 2.75) is 6.92 Å². The molecule has 1 fully saturated rings. The van der Waals surface area contributed by atoms with Crippen LogP contribution in [0.15, 0.2) is 18.2 Å². The summed E-state index contributed by atoms with van der Waals surface area (Å²) in [5.74, 6) is -0.638. The van der Waals surface area contributed by atoms with Crippen LogP contribution in [-0.2, 0) is 9.53 Å². The van der Waals surface area contributed by atoms with Crippen LogP contribution in [0.1, 0.15) is 6.92 Å². The summed E-state index contributed by atoms with van der Waals surface area (Å²) in [4.78, 5) is 11.8. The van der Waals surface area contributed by atoms with Crippen molar-refractivity contribution in [1.82, 2.24) is 0 Å². The van der Waals surface area contributed by atoms with Crippen LogP contribution in [0.2, 0.25) is 5.02 Å². The highest BCUT2D eigenvalue weighted by atomic mass is 35.5. The number of benzene rings is 1. The van der Waals surface area contributed by atoms with Gasteiger partial charge in [0, 0.05) is 0 Å². The lowest BCUT2D eigenvalue weighted by molar-refractivity contribution is -0.151. The molecule has 86 valence electrons. The molecule has 2 rings (SSSR count). The van der Waals surface area contributed by atoms with E-state index < -0.39 is 11.2 Å². The summed E-state index contributed by atoms with van der Waals surface area (Å²) in [5, 5.41) is 2.92. The highest BCUT2D eigenvalue weighted by molar-refractivity contribution is 6.33. The molecule has 0 unspecified atom stereocenters. The predicted octanol–water partition coefficient (Wildman–Crippen LogP) is 2.45. The maximum absolute atomic E-state index is 13.0. The Morgan fingerprint density at radius 3 is 2.81 bits per heavy atom. The first kappa shape index (κ1) is 11.4. The molecule has 0 aliphatic carbocycles. The Morgan fingerprint density at radius 2 is 2.25 bits per heavy atom. The van der Waals surface area contributed by atoms with Gasteiger partial charge in [0.15, 0.2) is 0 Å². The Hall–Kier alpha value is -1.13. The Morgan fingerprint density at radius 1 is 1.56 bits per heavy atom. The van der Waals surface area contributed by atoms with Gasteiger partial charge in [0.05, 0.1) is 29.3 Å². The average Bonchev–Trinajstić information content (AvgIpc) is 2.20. The van der Waals surface area contributed by atoms with E-state index in [1.165, 1.54) is 18.2 Å². The van der Waals surface area contributed by atoms with Gasteiger partial charge in [-0.15, -0.1) is 0 Å². The van der Waals surface area contributed by atoms with Crippen LogP contribution in [-0.4, -0.2) is 19.1 Å². The smallest absolute Gasteiger partial charge is 0.235 e. The molecule has 1 aromatic carbocycles. The number of carbonyl (C=O) groups is 1. The third-order valence-electron chi connectivity index (χ3n) is 2.57. The molecule has 1 aliphatic rings. The van der Waals surface area contributed by atoms with Gasteiger partial charge in [0.1, 0.15) is 5.82 Å². The summed E-state index contributed by atoms with van der Waals surface area (Å²) >= 11 is 5.84. The van der Waals surface area contributed by atoms with Gasteiger partial charge >= 0.3 is 0 Å². The lowest BCUT2D eigenvalue weighted by Crippen LogP contribution is -2.49. The number of hydrogen-bond acceptors (Lipinski definition) is 2. The van der Waals surface area contributed by atoms with Crippen LogP contribution in [0.3, 0.4) is 0 Å². The van der Waals surface area contributed by atoms with Crippen molar-refractivity contribution in [3.05, 3.63) is 29.0 Å². The van der Waals surface area contributed by atoms with E-state index in [1.54, 1.807) is 6.92 Å². The summed E-state index contributed by atoms with van der Waals surface area (Å²) in [7, 11) is 0. The van der Waals surface area contributed by atoms with E-state index in [-0.39, 0.29) is 5.91 Å². The van der Waals surface area contributed by atoms with Crippen LogP contribution < -0.4 is 5.32 Å². The minimum Gasteiger partial charge on any atom is -0.379 e. The molecule has 1 amide bonds. The summed E-state index contributed by atoms with van der Waals surface area (Å²) in [6, 6.07) is 3.85. The molecule has 3 nitrogen and oxygen atoms in total. The zero-order valence-electron chi connectivity index (χ0n) is 8.72. The number of carbonyl (C=O) groups excluding carboxylic acids is 1. The van der Waals surface area contributed by atoms with Crippen molar-refractivity contribution in [3.63, 3.8) is 0 Å². The molecule has 5 heteroatoms. The molecular formula is C11H11ClFNO2. The number of halogens is 2. The lowest BCUT2D eigenvalue weighted by Gasteiger charge is -2.36. The van der Waals surface area contributed by atoms with Crippen molar-refractivity contribution in [2.75, 3.05) is 18.5 Å². The zero-order valence-corrected chi connectivity index (χ0v) is 9.47. The molecule has 1 aliphatic heterocycles. The molecule has 0 atom stereocenters. The second-order valence-corrected chi connectivity index (χ2v) is 4.54. The fraction of sp³-hybridized carbons (Fsp3) is 0.364. The molecular weight excluding hydrogens is 233 g/mol. The van der Waals surface area contributed by atoms with Crippen LogP contribution in [0.4, 0.5) is 10.1 Å². The number of hydrogen-bond donors (Lipinski definition) is 1. The first-order chi connectivity index (χ1) is 7.51. The van der Waals surface area contributed by atoms with E-state index in [0.29, 0.717) is 23.9 Å². The largest absolute Gasteiger partial charge is 0.379 e. The minimum absolute atomic E-state index is 0.203. The van der Waals surface area contributed by atoms with Gasteiger partial charge in [-0.1, -0.05) is 11.6 Å². The maximum Gasteiger partial charge on any atom is 0.235 e. The highest BCUT2D eigenvalue weighted by Gasteiger charge is 2.41. The van der Waals surface area contributed by atoms with Crippen molar-refractivity contribution < 1.29 is 13.9 Å². The molecule has 0 aromatic heterocycles. The van der Waals surface area contributed by atoms with Gasteiger partial charge in [-0.3, -0.25) is 4.79 Å². The first-order valence-corrected chi connectivity index (χ1v) is 5.23. The zero-order chi connectivity index (χ0) is 11.8. The number of anilines is 1. The highest BCUT2D eigenvalue weighted by Crippen LogP contribution is 2.30. The molecule has 0 spiro atoms. The Bertz CT molecular complexity index is 432. The fourth-order valence-electron chi connectivity index (χ4n) is 1.41. The van der Waals surface area contributed by atoms with E-state index in [4.69, 9.17) is 16.3 Å². The van der Waals surface area contributed by atoms with Crippen molar-refractivity contribution in [2.24, 2.45) is 5.41 Å². The lowest BCUT2D eigenvalue weighted by atomic mass is 9.87. The molecule has 16 heavy (non-hydrogen) atoms. The van der Waals surface area contributed by atoms with E-state index in [0.717, 1.165) is 0 Å². The Kier molecular flexibility index (Phi) is 2.86. The normalized spacial score (nSPS) is 17.7. The molecule has 0 saturated carbocycles. The van der Waals surface area contributed by atoms with Gasteiger partial charge in [-0.2, -0.15) is 0 Å². The standard InChI is InChI=1S/C11H11ClFNO2/c1-11(5-16-6-11)10(15)14-9-4-7(13)2-3-8(9)12/h2-4H,5-6H2,1H3,(H,14,15). The van der Waals surface area contributed by atoms with Gasteiger partial charge < -0.3 is 10.1 Å². The molecule has 0 radical (unpaired) electrons. The molecule has 1 saturated heterocycles. The molecule has 0 bridgehead atoms. The third kappa shape index (κ3) is 2.03. The Balaban J connectivity index is 2.14.